The molecule has 1 aliphatic rings. The molecule has 11 heteroatoms. The summed E-state index contributed by atoms with van der Waals surface area (Å²) < 4.78 is 9.06. The van der Waals surface area contributed by atoms with Gasteiger partial charge in [0.2, 0.25) is 0 Å². The molecule has 0 unspecified atom stereocenters. The zero-order valence-electron chi connectivity index (χ0n) is 22.2. The van der Waals surface area contributed by atoms with Gasteiger partial charge in [0.05, 0.1) is 15.1 Å². The number of carbonyl (C=O) groups is 3. The SMILES string of the molecule is C[Si](C)(C)CCOCn1/c(=N\C(=O)c2cccc3c2CN(c2nc(C=O)c(C=O)s2)CC3)sc2ccccc21. The van der Waals surface area contributed by atoms with Crippen molar-refractivity contribution in [2.75, 3.05) is 18.1 Å². The van der Waals surface area contributed by atoms with Gasteiger partial charge in [0.25, 0.3) is 5.91 Å². The maximum absolute atomic E-state index is 13.6. The lowest BCUT2D eigenvalue weighted by molar-refractivity contribution is 0.0874. The number of benzene rings is 2. The molecular weight excluding hydrogens is 549 g/mol. The summed E-state index contributed by atoms with van der Waals surface area (Å²) in [5.41, 5.74) is 3.67. The molecule has 0 fully saturated rings. The van der Waals surface area contributed by atoms with Gasteiger partial charge in [-0.2, -0.15) is 4.99 Å². The molecule has 2 aromatic carbocycles. The molecule has 8 nitrogen and oxygen atoms in total. The van der Waals surface area contributed by atoms with Crippen molar-refractivity contribution in [2.24, 2.45) is 4.99 Å². The number of rotatable bonds is 9. The van der Waals surface area contributed by atoms with Crippen molar-refractivity contribution >= 4 is 64.6 Å². The van der Waals surface area contributed by atoms with Crippen LogP contribution in [0.1, 0.15) is 41.6 Å². The van der Waals surface area contributed by atoms with E-state index in [1.165, 1.54) is 22.7 Å². The third-order valence-corrected chi connectivity index (χ3v) is 10.5. The molecule has 0 saturated carbocycles. The quantitative estimate of drug-likeness (QED) is 0.150. The third-order valence-electron chi connectivity index (χ3n) is 6.66. The molecule has 0 radical (unpaired) electrons. The Morgan fingerprint density at radius 2 is 1.92 bits per heavy atom. The summed E-state index contributed by atoms with van der Waals surface area (Å²) >= 11 is 2.67. The van der Waals surface area contributed by atoms with Gasteiger partial charge in [-0.15, -0.1) is 0 Å². The van der Waals surface area contributed by atoms with Crippen LogP contribution in [-0.2, 0) is 24.4 Å². The lowest BCUT2D eigenvalue weighted by Crippen LogP contribution is -2.31. The van der Waals surface area contributed by atoms with Crippen LogP contribution in [-0.4, -0.2) is 49.3 Å². The number of aromatic nitrogens is 2. The van der Waals surface area contributed by atoms with E-state index in [2.05, 4.69) is 29.6 Å². The van der Waals surface area contributed by atoms with Crippen molar-refractivity contribution in [3.63, 3.8) is 0 Å². The van der Waals surface area contributed by atoms with E-state index in [1.807, 2.05) is 51.9 Å². The molecule has 4 aromatic rings. The molecule has 0 saturated heterocycles. The van der Waals surface area contributed by atoms with Crippen LogP contribution in [0.4, 0.5) is 5.13 Å². The maximum atomic E-state index is 13.6. The molecule has 2 aromatic heterocycles. The van der Waals surface area contributed by atoms with E-state index in [1.54, 1.807) is 0 Å². The first kappa shape index (κ1) is 27.3. The highest BCUT2D eigenvalue weighted by Crippen LogP contribution is 2.31. The fourth-order valence-electron chi connectivity index (χ4n) is 4.49. The van der Waals surface area contributed by atoms with Gasteiger partial charge in [0, 0.05) is 33.3 Å². The largest absolute Gasteiger partial charge is 0.361 e. The minimum atomic E-state index is -1.22. The van der Waals surface area contributed by atoms with Crippen molar-refractivity contribution in [3.05, 3.63) is 74.5 Å². The highest BCUT2D eigenvalue weighted by molar-refractivity contribution is 7.17. The Balaban J connectivity index is 1.46. The molecule has 1 amide bonds. The zero-order chi connectivity index (χ0) is 27.6. The summed E-state index contributed by atoms with van der Waals surface area (Å²) in [5, 5.41) is 0.599. The molecule has 0 aliphatic carbocycles. The van der Waals surface area contributed by atoms with E-state index >= 15 is 0 Å². The van der Waals surface area contributed by atoms with Gasteiger partial charge >= 0.3 is 0 Å². The van der Waals surface area contributed by atoms with Crippen LogP contribution in [0.25, 0.3) is 10.2 Å². The van der Waals surface area contributed by atoms with E-state index < -0.39 is 8.07 Å². The van der Waals surface area contributed by atoms with Gasteiger partial charge in [0.1, 0.15) is 12.4 Å². The Morgan fingerprint density at radius 1 is 1.10 bits per heavy atom. The van der Waals surface area contributed by atoms with Crippen LogP contribution in [0.15, 0.2) is 47.5 Å². The van der Waals surface area contributed by atoms with E-state index in [-0.39, 0.29) is 11.6 Å². The van der Waals surface area contributed by atoms with Crippen LogP contribution < -0.4 is 9.70 Å². The number of para-hydroxylation sites is 1. The summed E-state index contributed by atoms with van der Waals surface area (Å²) in [5.74, 6) is -0.308. The first-order valence-electron chi connectivity index (χ1n) is 12.8. The normalized spacial score (nSPS) is 14.0. The molecule has 0 bridgehead atoms. The fraction of sp³-hybridized carbons (Fsp3) is 0.321. The predicted octanol–water partition coefficient (Wildman–Crippen LogP) is 5.40. The summed E-state index contributed by atoms with van der Waals surface area (Å²) in [6.07, 6.45) is 1.98. The number of ether oxygens (including phenoxy) is 1. The number of nitrogens with zero attached hydrogens (tertiary/aromatic N) is 4. The van der Waals surface area contributed by atoms with Crippen molar-refractivity contribution in [2.45, 2.75) is 45.4 Å². The van der Waals surface area contributed by atoms with Crippen LogP contribution in [0.3, 0.4) is 0 Å². The molecule has 0 spiro atoms. The second-order valence-electron chi connectivity index (χ2n) is 10.6. The Bertz CT molecular complexity index is 1590. The number of anilines is 1. The van der Waals surface area contributed by atoms with E-state index in [9.17, 15) is 14.4 Å². The number of amides is 1. The molecule has 1 aliphatic heterocycles. The topological polar surface area (TPSA) is 93.9 Å². The Labute approximate surface area is 235 Å². The fourth-order valence-corrected chi connectivity index (χ4v) is 7.14. The minimum absolute atomic E-state index is 0.150. The highest BCUT2D eigenvalue weighted by atomic mass is 32.1. The molecule has 39 heavy (non-hydrogen) atoms. The van der Waals surface area contributed by atoms with Crippen LogP contribution in [0.2, 0.25) is 25.7 Å². The molecule has 0 N–H and O–H groups in total. The Morgan fingerprint density at radius 3 is 2.67 bits per heavy atom. The Kier molecular flexibility index (Phi) is 8.03. The van der Waals surface area contributed by atoms with Crippen molar-refractivity contribution in [1.82, 2.24) is 9.55 Å². The Hall–Kier alpha value is -3.25. The number of fused-ring (bicyclic) bond motifs is 2. The van der Waals surface area contributed by atoms with Gasteiger partial charge in [-0.3, -0.25) is 19.0 Å². The lowest BCUT2D eigenvalue weighted by Gasteiger charge is -2.29. The maximum Gasteiger partial charge on any atom is 0.280 e. The van der Waals surface area contributed by atoms with Gasteiger partial charge in [0.15, 0.2) is 22.5 Å². The average Bonchev–Trinajstić information content (AvgIpc) is 3.50. The van der Waals surface area contributed by atoms with Gasteiger partial charge in [-0.1, -0.05) is 66.6 Å². The zero-order valence-corrected chi connectivity index (χ0v) is 24.8. The van der Waals surface area contributed by atoms with E-state index in [0.29, 0.717) is 59.4 Å². The second kappa shape index (κ2) is 11.5. The van der Waals surface area contributed by atoms with Gasteiger partial charge < -0.3 is 9.64 Å². The first-order chi connectivity index (χ1) is 18.8. The average molecular weight is 579 g/mol. The lowest BCUT2D eigenvalue weighted by atomic mass is 9.95. The standard InChI is InChI=1S/C28H30N4O4S2Si/c1-39(2,3)14-13-36-18-32-23-9-4-5-10-24(23)37-28(32)30-26(35)20-8-6-7-19-11-12-31(15-21(19)20)27-29-22(16-33)25(17-34)38-27/h4-10,16-17H,11-15,18H2,1-3H3/b30-28+. The molecule has 0 atom stereocenters. The monoisotopic (exact) mass is 578 g/mol. The highest BCUT2D eigenvalue weighted by Gasteiger charge is 2.25. The summed E-state index contributed by atoms with van der Waals surface area (Å²) in [4.78, 5) is 48.2. The predicted molar refractivity (Wildman–Crippen MR) is 158 cm³/mol. The van der Waals surface area contributed by atoms with Crippen molar-refractivity contribution < 1.29 is 19.1 Å². The van der Waals surface area contributed by atoms with Crippen molar-refractivity contribution in [3.8, 4) is 0 Å². The number of thiazole rings is 2. The summed E-state index contributed by atoms with van der Waals surface area (Å²) in [6.45, 7) is 9.10. The molecule has 202 valence electrons. The second-order valence-corrected chi connectivity index (χ2v) is 18.3. The van der Waals surface area contributed by atoms with E-state index in [0.717, 1.165) is 33.8 Å². The van der Waals surface area contributed by atoms with Gasteiger partial charge in [-0.05, 0) is 41.8 Å². The van der Waals surface area contributed by atoms with Crippen LogP contribution in [0, 0.1) is 0 Å². The summed E-state index contributed by atoms with van der Waals surface area (Å²) in [7, 11) is -1.22. The summed E-state index contributed by atoms with van der Waals surface area (Å²) in [6, 6.07) is 14.8. The van der Waals surface area contributed by atoms with E-state index in [4.69, 9.17) is 4.74 Å². The first-order valence-corrected chi connectivity index (χ1v) is 18.1. The molecule has 3 heterocycles. The number of hydrogen-bond donors (Lipinski definition) is 0. The minimum Gasteiger partial charge on any atom is -0.361 e. The molecule has 5 rings (SSSR count). The van der Waals surface area contributed by atoms with Crippen molar-refractivity contribution in [1.29, 1.82) is 0 Å². The number of hydrogen-bond acceptors (Lipinski definition) is 8. The molecular formula is C28H30N4O4S2Si. The smallest absolute Gasteiger partial charge is 0.280 e. The number of carbonyl (C=O) groups excluding carboxylic acids is 3. The number of aldehydes is 2. The van der Waals surface area contributed by atoms with Crippen LogP contribution >= 0.6 is 22.7 Å². The van der Waals surface area contributed by atoms with Gasteiger partial charge in [-0.25, -0.2) is 4.98 Å². The third kappa shape index (κ3) is 6.01. The van der Waals surface area contributed by atoms with Crippen LogP contribution in [0.5, 0.6) is 0 Å².